The van der Waals surface area contributed by atoms with Crippen LogP contribution in [-0.2, 0) is 23.5 Å². The molecule has 1 saturated heterocycles. The molecule has 2 heterocycles. The summed E-state index contributed by atoms with van der Waals surface area (Å²) >= 11 is 0. The Hall–Kier alpha value is -3.42. The molecular formula is C27H38N4O8Si. The van der Waals surface area contributed by atoms with Gasteiger partial charge in [-0.15, -0.1) is 0 Å². The number of β-lactam (4-membered cyclic amide) rings is 1. The van der Waals surface area contributed by atoms with Crippen LogP contribution in [0.1, 0.15) is 45.0 Å². The lowest BCUT2D eigenvalue weighted by molar-refractivity contribution is -0.384. The van der Waals surface area contributed by atoms with Gasteiger partial charge in [-0.3, -0.25) is 24.6 Å². The number of likely N-dealkylation sites (N-methyl/N-ethyl adjacent to an activating group) is 1. The summed E-state index contributed by atoms with van der Waals surface area (Å²) in [4.78, 5) is 64.5. The average molecular weight is 575 g/mol. The number of non-ortho nitro benzene ring substituents is 1. The molecule has 1 fully saturated rings. The lowest BCUT2D eigenvalue weighted by Crippen LogP contribution is -2.65. The van der Waals surface area contributed by atoms with Gasteiger partial charge in [0.1, 0.15) is 5.70 Å². The fraction of sp³-hybridized carbons (Fsp3) is 0.556. The quantitative estimate of drug-likeness (QED) is 0.0932. The molecule has 3 rings (SSSR count). The van der Waals surface area contributed by atoms with E-state index in [9.17, 15) is 29.3 Å². The molecule has 2 amide bonds. The van der Waals surface area contributed by atoms with Crippen molar-refractivity contribution in [3.63, 3.8) is 0 Å². The smallest absolute Gasteiger partial charge is 0.362 e. The van der Waals surface area contributed by atoms with Gasteiger partial charge in [0.05, 0.1) is 35.1 Å². The second-order valence-corrected chi connectivity index (χ2v) is 15.3. The van der Waals surface area contributed by atoms with E-state index in [1.807, 2.05) is 13.8 Å². The van der Waals surface area contributed by atoms with Gasteiger partial charge < -0.3 is 19.8 Å². The lowest BCUT2D eigenvalue weighted by atomic mass is 9.77. The third-order valence-electron chi connectivity index (χ3n) is 8.23. The van der Waals surface area contributed by atoms with Crippen LogP contribution in [0.15, 0.2) is 35.5 Å². The van der Waals surface area contributed by atoms with Gasteiger partial charge in [0.2, 0.25) is 11.8 Å². The number of hydrogen-bond acceptors (Lipinski definition) is 9. The highest BCUT2D eigenvalue weighted by molar-refractivity contribution is 6.73. The monoisotopic (exact) mass is 574 g/mol. The zero-order chi connectivity index (χ0) is 29.9. The number of benzene rings is 1. The van der Waals surface area contributed by atoms with Crippen LogP contribution in [-0.4, -0.2) is 79.1 Å². The van der Waals surface area contributed by atoms with Crippen molar-refractivity contribution in [3.05, 3.63) is 51.2 Å². The van der Waals surface area contributed by atoms with Crippen LogP contribution in [0.2, 0.25) is 18.1 Å². The van der Waals surface area contributed by atoms with E-state index in [-0.39, 0.29) is 54.0 Å². The minimum Gasteiger partial charge on any atom is -0.413 e. The largest absolute Gasteiger partial charge is 0.413 e. The highest BCUT2D eigenvalue weighted by atomic mass is 28.4. The molecule has 2 aliphatic heterocycles. The number of rotatable bonds is 13. The molecule has 0 unspecified atom stereocenters. The molecule has 13 heteroatoms. The molecule has 0 aromatic heterocycles. The van der Waals surface area contributed by atoms with Gasteiger partial charge in [0.25, 0.3) is 5.69 Å². The predicted octanol–water partition coefficient (Wildman–Crippen LogP) is 2.84. The van der Waals surface area contributed by atoms with E-state index in [1.165, 1.54) is 17.0 Å². The van der Waals surface area contributed by atoms with Crippen LogP contribution in [0.5, 0.6) is 0 Å². The Morgan fingerprint density at radius 2 is 1.70 bits per heavy atom. The van der Waals surface area contributed by atoms with Crippen LogP contribution in [0, 0.1) is 22.0 Å². The number of esters is 2. The molecule has 1 aromatic rings. The molecule has 0 aliphatic carbocycles. The molecule has 2 aliphatic rings. The SMILES string of the molecule is CC[Si](CC)(CC)O[C@H](C)[C@H]1C(=O)N2C(C(=O)OC(=O)c3ccc([N+](=O)[O-])cc3)=C(CN(C)CC(N)=O)[C@H](C)[C@H]12. The average Bonchev–Trinajstić information content (AvgIpc) is 3.14. The van der Waals surface area contributed by atoms with E-state index >= 15 is 0 Å². The summed E-state index contributed by atoms with van der Waals surface area (Å²) in [5, 5.41) is 10.9. The number of nitro benzene ring substituents is 1. The van der Waals surface area contributed by atoms with Crippen molar-refractivity contribution in [1.82, 2.24) is 9.80 Å². The molecule has 0 spiro atoms. The number of carbonyl (C=O) groups is 4. The Morgan fingerprint density at radius 3 is 2.20 bits per heavy atom. The number of nitrogens with zero attached hydrogens (tertiary/aromatic N) is 3. The first kappa shape index (κ1) is 31.1. The summed E-state index contributed by atoms with van der Waals surface area (Å²) in [6.45, 7) is 10.2. The van der Waals surface area contributed by atoms with Crippen molar-refractivity contribution in [3.8, 4) is 0 Å². The van der Waals surface area contributed by atoms with Crippen LogP contribution < -0.4 is 5.73 Å². The van der Waals surface area contributed by atoms with Gasteiger partial charge in [-0.2, -0.15) is 0 Å². The van der Waals surface area contributed by atoms with E-state index in [0.29, 0.717) is 5.57 Å². The third kappa shape index (κ3) is 6.00. The summed E-state index contributed by atoms with van der Waals surface area (Å²) < 4.78 is 11.8. The molecular weight excluding hydrogens is 536 g/mol. The van der Waals surface area contributed by atoms with Crippen LogP contribution in [0.3, 0.4) is 0 Å². The Balaban J connectivity index is 1.90. The Bertz CT molecular complexity index is 1210. The number of nitro groups is 1. The number of amides is 2. The van der Waals surface area contributed by atoms with Crippen molar-refractivity contribution in [1.29, 1.82) is 0 Å². The molecule has 218 valence electrons. The Kier molecular flexibility index (Phi) is 9.64. The van der Waals surface area contributed by atoms with E-state index in [2.05, 4.69) is 20.8 Å². The topological polar surface area (TPSA) is 162 Å². The Labute approximate surface area is 234 Å². The third-order valence-corrected chi connectivity index (χ3v) is 13.0. The fourth-order valence-corrected chi connectivity index (χ4v) is 8.76. The standard InChI is InChI=1S/C27H38N4O8Si/c1-7-40(8-2,9-3)39-17(5)22-23-16(4)20(14-29(6)15-21(28)32)24(30(23)25(22)33)27(35)38-26(34)18-10-12-19(13-11-18)31(36)37/h10-13,16-17,22-23H,7-9,14-15H2,1-6H3,(H2,28,32)/t16-,17+,22+,23+/m0/s1. The molecule has 2 N–H and O–H groups in total. The highest BCUT2D eigenvalue weighted by Gasteiger charge is 2.61. The summed E-state index contributed by atoms with van der Waals surface area (Å²) in [7, 11) is -0.348. The molecule has 4 atom stereocenters. The van der Waals surface area contributed by atoms with Crippen molar-refractivity contribution in [2.75, 3.05) is 20.1 Å². The zero-order valence-electron chi connectivity index (χ0n) is 23.8. The first-order valence-corrected chi connectivity index (χ1v) is 16.0. The van der Waals surface area contributed by atoms with Crippen LogP contribution >= 0.6 is 0 Å². The molecule has 0 bridgehead atoms. The number of ether oxygens (including phenoxy) is 1. The van der Waals surface area contributed by atoms with E-state index in [4.69, 9.17) is 14.9 Å². The van der Waals surface area contributed by atoms with Gasteiger partial charge in [0.15, 0.2) is 8.32 Å². The molecule has 12 nitrogen and oxygen atoms in total. The van der Waals surface area contributed by atoms with Crippen molar-refractivity contribution in [2.24, 2.45) is 17.6 Å². The van der Waals surface area contributed by atoms with E-state index in [1.54, 1.807) is 11.9 Å². The number of primary amides is 1. The van der Waals surface area contributed by atoms with Crippen molar-refractivity contribution in [2.45, 2.75) is 64.9 Å². The summed E-state index contributed by atoms with van der Waals surface area (Å²) in [5.41, 5.74) is 5.62. The predicted molar refractivity (Wildman–Crippen MR) is 148 cm³/mol. The molecule has 1 aromatic carbocycles. The normalized spacial score (nSPS) is 21.2. The van der Waals surface area contributed by atoms with Gasteiger partial charge >= 0.3 is 11.9 Å². The van der Waals surface area contributed by atoms with Gasteiger partial charge in [-0.25, -0.2) is 9.59 Å². The van der Waals surface area contributed by atoms with Crippen LogP contribution in [0.25, 0.3) is 0 Å². The zero-order valence-corrected chi connectivity index (χ0v) is 24.8. The first-order valence-electron chi connectivity index (χ1n) is 13.5. The number of hydrogen-bond donors (Lipinski definition) is 1. The van der Waals surface area contributed by atoms with Gasteiger partial charge in [-0.05, 0) is 49.8 Å². The number of fused-ring (bicyclic) bond motifs is 1. The molecule has 0 radical (unpaired) electrons. The Morgan fingerprint density at radius 1 is 1.12 bits per heavy atom. The summed E-state index contributed by atoms with van der Waals surface area (Å²) in [5.74, 6) is -3.58. The highest BCUT2D eigenvalue weighted by Crippen LogP contribution is 2.48. The van der Waals surface area contributed by atoms with Gasteiger partial charge in [-0.1, -0.05) is 27.7 Å². The maximum atomic E-state index is 13.5. The fourth-order valence-electron chi connectivity index (χ4n) is 5.82. The lowest BCUT2D eigenvalue weighted by Gasteiger charge is -2.49. The second kappa shape index (κ2) is 12.4. The summed E-state index contributed by atoms with van der Waals surface area (Å²) in [6.07, 6.45) is -0.357. The maximum absolute atomic E-state index is 13.5. The van der Waals surface area contributed by atoms with Crippen LogP contribution in [0.4, 0.5) is 5.69 Å². The van der Waals surface area contributed by atoms with Gasteiger partial charge in [0, 0.05) is 24.6 Å². The van der Waals surface area contributed by atoms with E-state index < -0.39 is 37.0 Å². The minimum absolute atomic E-state index is 0.0254. The number of carbonyl (C=O) groups excluding carboxylic acids is 4. The molecule has 40 heavy (non-hydrogen) atoms. The van der Waals surface area contributed by atoms with E-state index in [0.717, 1.165) is 30.3 Å². The minimum atomic E-state index is -2.01. The first-order chi connectivity index (χ1) is 18.8. The second-order valence-electron chi connectivity index (χ2n) is 10.6. The number of nitrogens with two attached hydrogens (primary N) is 1. The molecule has 0 saturated carbocycles. The van der Waals surface area contributed by atoms with Crippen molar-refractivity contribution >= 4 is 37.8 Å². The maximum Gasteiger partial charge on any atom is 0.362 e. The van der Waals surface area contributed by atoms with Crippen molar-refractivity contribution < 1.29 is 33.3 Å². The summed E-state index contributed by atoms with van der Waals surface area (Å²) in [6, 6.07) is 7.08.